The summed E-state index contributed by atoms with van der Waals surface area (Å²) in [6, 6.07) is 0.390. The number of carbonyl (C=O) groups excluding carboxylic acids is 1. The van der Waals surface area contributed by atoms with E-state index in [9.17, 15) is 4.79 Å². The first-order chi connectivity index (χ1) is 6.24. The van der Waals surface area contributed by atoms with Crippen LogP contribution in [0.1, 0.15) is 52.4 Å². The van der Waals surface area contributed by atoms with Gasteiger partial charge in [-0.25, -0.2) is 0 Å². The molecule has 1 atom stereocenters. The zero-order chi connectivity index (χ0) is 9.68. The Morgan fingerprint density at radius 2 is 2.08 bits per heavy atom. The molecule has 76 valence electrons. The molecular formula is C11H21NO. The molecule has 1 unspecified atom stereocenters. The van der Waals surface area contributed by atoms with E-state index in [1.807, 2.05) is 6.92 Å². The van der Waals surface area contributed by atoms with E-state index in [2.05, 4.69) is 12.2 Å². The molecule has 1 rings (SSSR count). The van der Waals surface area contributed by atoms with Crippen LogP contribution in [-0.4, -0.2) is 11.9 Å². The first-order valence-electron chi connectivity index (χ1n) is 5.53. The number of amides is 1. The lowest BCUT2D eigenvalue weighted by Gasteiger charge is -2.20. The predicted octanol–water partition coefficient (Wildman–Crippen LogP) is 2.48. The topological polar surface area (TPSA) is 29.1 Å². The summed E-state index contributed by atoms with van der Waals surface area (Å²) < 4.78 is 0. The average molecular weight is 183 g/mol. The molecule has 0 aromatic carbocycles. The minimum atomic E-state index is 0.224. The van der Waals surface area contributed by atoms with E-state index in [1.54, 1.807) is 0 Å². The molecular weight excluding hydrogens is 162 g/mol. The fraction of sp³-hybridized carbons (Fsp3) is 0.909. The van der Waals surface area contributed by atoms with Gasteiger partial charge in [-0.1, -0.05) is 19.8 Å². The molecule has 1 aliphatic carbocycles. The molecule has 0 aromatic rings. The van der Waals surface area contributed by atoms with Crippen LogP contribution in [0.25, 0.3) is 0 Å². The third-order valence-electron chi connectivity index (χ3n) is 2.97. The Kier molecular flexibility index (Phi) is 4.26. The highest BCUT2D eigenvalue weighted by atomic mass is 16.1. The van der Waals surface area contributed by atoms with Crippen molar-refractivity contribution in [1.29, 1.82) is 0 Å². The minimum Gasteiger partial charge on any atom is -0.353 e. The lowest BCUT2D eigenvalue weighted by atomic mass is 10.00. The van der Waals surface area contributed by atoms with Crippen molar-refractivity contribution >= 4 is 5.91 Å². The maximum Gasteiger partial charge on any atom is 0.220 e. The Labute approximate surface area is 81.1 Å². The summed E-state index contributed by atoms with van der Waals surface area (Å²) in [6.45, 7) is 4.18. The van der Waals surface area contributed by atoms with E-state index in [0.29, 0.717) is 12.5 Å². The summed E-state index contributed by atoms with van der Waals surface area (Å²) in [5, 5.41) is 3.08. The van der Waals surface area contributed by atoms with Crippen molar-refractivity contribution in [1.82, 2.24) is 5.32 Å². The fourth-order valence-electron chi connectivity index (χ4n) is 2.13. The summed E-state index contributed by atoms with van der Waals surface area (Å²) in [5.41, 5.74) is 0. The Morgan fingerprint density at radius 1 is 1.46 bits per heavy atom. The molecule has 0 aliphatic heterocycles. The van der Waals surface area contributed by atoms with Crippen molar-refractivity contribution < 1.29 is 4.79 Å². The summed E-state index contributed by atoms with van der Waals surface area (Å²) in [4.78, 5) is 11.3. The molecule has 0 aromatic heterocycles. The first-order valence-corrected chi connectivity index (χ1v) is 5.53. The van der Waals surface area contributed by atoms with E-state index >= 15 is 0 Å². The Balaban J connectivity index is 2.22. The van der Waals surface area contributed by atoms with Gasteiger partial charge in [-0.15, -0.1) is 0 Å². The second-order valence-electron chi connectivity index (χ2n) is 4.15. The highest BCUT2D eigenvalue weighted by Gasteiger charge is 2.22. The van der Waals surface area contributed by atoms with Gasteiger partial charge in [0, 0.05) is 12.5 Å². The lowest BCUT2D eigenvalue weighted by Crippen LogP contribution is -2.36. The van der Waals surface area contributed by atoms with Gasteiger partial charge in [0.1, 0.15) is 0 Å². The molecule has 1 saturated carbocycles. The Morgan fingerprint density at radius 3 is 2.62 bits per heavy atom. The largest absolute Gasteiger partial charge is 0.353 e. The minimum absolute atomic E-state index is 0.224. The van der Waals surface area contributed by atoms with Gasteiger partial charge in [-0.2, -0.15) is 0 Å². The zero-order valence-corrected chi connectivity index (χ0v) is 8.81. The Hall–Kier alpha value is -0.530. The molecule has 2 heteroatoms. The molecule has 0 saturated heterocycles. The van der Waals surface area contributed by atoms with Gasteiger partial charge >= 0.3 is 0 Å². The molecule has 0 spiro atoms. The SMILES string of the molecule is CCCC(=O)NC(C)C1CCCC1. The van der Waals surface area contributed by atoms with Crippen molar-refractivity contribution in [2.24, 2.45) is 5.92 Å². The van der Waals surface area contributed by atoms with Gasteiger partial charge in [-0.05, 0) is 32.1 Å². The summed E-state index contributed by atoms with van der Waals surface area (Å²) >= 11 is 0. The molecule has 0 bridgehead atoms. The number of rotatable bonds is 4. The van der Waals surface area contributed by atoms with Crippen molar-refractivity contribution in [3.63, 3.8) is 0 Å². The van der Waals surface area contributed by atoms with Crippen LogP contribution in [0, 0.1) is 5.92 Å². The third kappa shape index (κ3) is 3.37. The monoisotopic (exact) mass is 183 g/mol. The van der Waals surface area contributed by atoms with Gasteiger partial charge in [0.15, 0.2) is 0 Å². The van der Waals surface area contributed by atoms with E-state index < -0.39 is 0 Å². The maximum absolute atomic E-state index is 11.3. The first kappa shape index (κ1) is 10.6. The van der Waals surface area contributed by atoms with Crippen LogP contribution in [0.15, 0.2) is 0 Å². The summed E-state index contributed by atoms with van der Waals surface area (Å²) in [6.07, 6.45) is 6.92. The highest BCUT2D eigenvalue weighted by molar-refractivity contribution is 5.76. The predicted molar refractivity (Wildman–Crippen MR) is 54.5 cm³/mol. The van der Waals surface area contributed by atoms with Crippen LogP contribution >= 0.6 is 0 Å². The van der Waals surface area contributed by atoms with Crippen molar-refractivity contribution in [2.75, 3.05) is 0 Å². The average Bonchev–Trinajstić information content (AvgIpc) is 2.55. The van der Waals surface area contributed by atoms with Gasteiger partial charge in [0.05, 0.1) is 0 Å². The van der Waals surface area contributed by atoms with Gasteiger partial charge in [-0.3, -0.25) is 4.79 Å². The Bertz CT molecular complexity index is 161. The van der Waals surface area contributed by atoms with Crippen LogP contribution in [0.5, 0.6) is 0 Å². The van der Waals surface area contributed by atoms with Gasteiger partial charge < -0.3 is 5.32 Å². The quantitative estimate of drug-likeness (QED) is 0.712. The zero-order valence-electron chi connectivity index (χ0n) is 8.81. The van der Waals surface area contributed by atoms with Gasteiger partial charge in [0.25, 0.3) is 0 Å². The van der Waals surface area contributed by atoms with Gasteiger partial charge in [0.2, 0.25) is 5.91 Å². The summed E-state index contributed by atoms with van der Waals surface area (Å²) in [5.74, 6) is 0.961. The third-order valence-corrected chi connectivity index (χ3v) is 2.97. The van der Waals surface area contributed by atoms with Crippen LogP contribution in [-0.2, 0) is 4.79 Å². The van der Waals surface area contributed by atoms with Crippen molar-refractivity contribution in [3.8, 4) is 0 Å². The van der Waals surface area contributed by atoms with E-state index in [-0.39, 0.29) is 5.91 Å². The van der Waals surface area contributed by atoms with Crippen LogP contribution in [0.4, 0.5) is 0 Å². The molecule has 0 radical (unpaired) electrons. The molecule has 1 amide bonds. The molecule has 2 nitrogen and oxygen atoms in total. The number of hydrogen-bond donors (Lipinski definition) is 1. The number of carbonyl (C=O) groups is 1. The standard InChI is InChI=1S/C11H21NO/c1-3-6-11(13)12-9(2)10-7-4-5-8-10/h9-10H,3-8H2,1-2H3,(H,12,13). The molecule has 1 N–H and O–H groups in total. The van der Waals surface area contributed by atoms with Crippen LogP contribution < -0.4 is 5.32 Å². The fourth-order valence-corrected chi connectivity index (χ4v) is 2.13. The second kappa shape index (κ2) is 5.25. The molecule has 1 aliphatic rings. The van der Waals surface area contributed by atoms with Crippen LogP contribution in [0.3, 0.4) is 0 Å². The van der Waals surface area contributed by atoms with Crippen molar-refractivity contribution in [2.45, 2.75) is 58.4 Å². The smallest absolute Gasteiger partial charge is 0.220 e. The molecule has 1 fully saturated rings. The lowest BCUT2D eigenvalue weighted by molar-refractivity contribution is -0.122. The summed E-state index contributed by atoms with van der Waals surface area (Å²) in [7, 11) is 0. The highest BCUT2D eigenvalue weighted by Crippen LogP contribution is 2.27. The van der Waals surface area contributed by atoms with E-state index in [4.69, 9.17) is 0 Å². The normalized spacial score (nSPS) is 20.2. The van der Waals surface area contributed by atoms with E-state index in [1.165, 1.54) is 25.7 Å². The maximum atomic E-state index is 11.3. The molecule has 0 heterocycles. The molecule has 13 heavy (non-hydrogen) atoms. The number of hydrogen-bond acceptors (Lipinski definition) is 1. The van der Waals surface area contributed by atoms with Crippen LogP contribution in [0.2, 0.25) is 0 Å². The second-order valence-corrected chi connectivity index (χ2v) is 4.15. The number of nitrogens with one attached hydrogen (secondary N) is 1. The van der Waals surface area contributed by atoms with Crippen molar-refractivity contribution in [3.05, 3.63) is 0 Å². The van der Waals surface area contributed by atoms with E-state index in [0.717, 1.165) is 12.3 Å².